The fourth-order valence-electron chi connectivity index (χ4n) is 3.19. The standard InChI is InChI=1S/C21H22BrN5O2S/c22-16-5-4-6-17(13-16)23-20(28)15-30-21-25-24-19(14-26-9-11-29-12-10-26)27(21)18-7-2-1-3-8-18/h1-8,13H,9-12,14-15H2,(H,23,28). The largest absolute Gasteiger partial charge is 0.379 e. The third kappa shape index (κ3) is 5.48. The van der Waals surface area contributed by atoms with Crippen molar-refractivity contribution in [3.05, 3.63) is 64.9 Å². The van der Waals surface area contributed by atoms with Gasteiger partial charge >= 0.3 is 0 Å². The van der Waals surface area contributed by atoms with Crippen LogP contribution in [-0.4, -0.2) is 57.6 Å². The van der Waals surface area contributed by atoms with E-state index in [2.05, 4.69) is 36.3 Å². The highest BCUT2D eigenvalue weighted by Crippen LogP contribution is 2.23. The summed E-state index contributed by atoms with van der Waals surface area (Å²) < 4.78 is 8.40. The number of carbonyl (C=O) groups is 1. The Morgan fingerprint density at radius 2 is 1.90 bits per heavy atom. The highest BCUT2D eigenvalue weighted by atomic mass is 79.9. The summed E-state index contributed by atoms with van der Waals surface area (Å²) in [5.74, 6) is 1.02. The van der Waals surface area contributed by atoms with E-state index in [9.17, 15) is 4.79 Å². The molecule has 30 heavy (non-hydrogen) atoms. The minimum atomic E-state index is -0.0876. The van der Waals surface area contributed by atoms with Crippen molar-refractivity contribution in [2.45, 2.75) is 11.7 Å². The number of amides is 1. The van der Waals surface area contributed by atoms with Crippen LogP contribution in [0.3, 0.4) is 0 Å². The number of rotatable bonds is 7. The van der Waals surface area contributed by atoms with Crippen LogP contribution in [0.2, 0.25) is 0 Å². The van der Waals surface area contributed by atoms with Gasteiger partial charge in [-0.25, -0.2) is 0 Å². The quantitative estimate of drug-likeness (QED) is 0.513. The van der Waals surface area contributed by atoms with E-state index >= 15 is 0 Å². The van der Waals surface area contributed by atoms with Gasteiger partial charge in [0.1, 0.15) is 0 Å². The first-order chi connectivity index (χ1) is 14.7. The monoisotopic (exact) mass is 487 g/mol. The molecule has 1 N–H and O–H groups in total. The van der Waals surface area contributed by atoms with Crippen molar-refractivity contribution in [1.29, 1.82) is 0 Å². The number of nitrogens with one attached hydrogen (secondary N) is 1. The van der Waals surface area contributed by atoms with Gasteiger partial charge in [-0.1, -0.05) is 52.0 Å². The maximum Gasteiger partial charge on any atom is 0.234 e. The van der Waals surface area contributed by atoms with Crippen molar-refractivity contribution < 1.29 is 9.53 Å². The molecule has 2 heterocycles. The van der Waals surface area contributed by atoms with Crippen LogP contribution < -0.4 is 5.32 Å². The summed E-state index contributed by atoms with van der Waals surface area (Å²) in [5, 5.41) is 12.4. The Kier molecular flexibility index (Phi) is 7.16. The lowest BCUT2D eigenvalue weighted by Gasteiger charge is -2.26. The zero-order valence-corrected chi connectivity index (χ0v) is 18.7. The maximum absolute atomic E-state index is 12.4. The molecule has 2 aromatic carbocycles. The summed E-state index contributed by atoms with van der Waals surface area (Å²) in [6.07, 6.45) is 0. The predicted molar refractivity (Wildman–Crippen MR) is 121 cm³/mol. The fourth-order valence-corrected chi connectivity index (χ4v) is 4.36. The lowest BCUT2D eigenvalue weighted by molar-refractivity contribution is -0.113. The van der Waals surface area contributed by atoms with Crippen LogP contribution in [0.5, 0.6) is 0 Å². The van der Waals surface area contributed by atoms with Crippen LogP contribution in [0.25, 0.3) is 5.69 Å². The van der Waals surface area contributed by atoms with Gasteiger partial charge in [0, 0.05) is 28.9 Å². The minimum Gasteiger partial charge on any atom is -0.379 e. The molecule has 1 amide bonds. The van der Waals surface area contributed by atoms with Crippen LogP contribution in [0.1, 0.15) is 5.82 Å². The number of anilines is 1. The molecule has 0 saturated carbocycles. The van der Waals surface area contributed by atoms with Crippen LogP contribution in [-0.2, 0) is 16.1 Å². The number of para-hydroxylation sites is 1. The first kappa shape index (κ1) is 21.0. The molecule has 0 unspecified atom stereocenters. The summed E-state index contributed by atoms with van der Waals surface area (Å²) in [6, 6.07) is 17.5. The third-order valence-electron chi connectivity index (χ3n) is 4.62. The zero-order chi connectivity index (χ0) is 20.8. The van der Waals surface area contributed by atoms with Gasteiger partial charge in [0.25, 0.3) is 0 Å². The number of halogens is 1. The fraction of sp³-hybridized carbons (Fsp3) is 0.286. The second-order valence-electron chi connectivity index (χ2n) is 6.81. The van der Waals surface area contributed by atoms with Gasteiger partial charge in [-0.15, -0.1) is 10.2 Å². The van der Waals surface area contributed by atoms with Crippen molar-refractivity contribution in [3.63, 3.8) is 0 Å². The van der Waals surface area contributed by atoms with Crippen molar-refractivity contribution >= 4 is 39.3 Å². The summed E-state index contributed by atoms with van der Waals surface area (Å²) in [5.41, 5.74) is 1.74. The van der Waals surface area contributed by atoms with E-state index in [0.29, 0.717) is 11.7 Å². The first-order valence-corrected chi connectivity index (χ1v) is 11.4. The summed E-state index contributed by atoms with van der Waals surface area (Å²) in [6.45, 7) is 3.90. The average molecular weight is 488 g/mol. The van der Waals surface area contributed by atoms with Crippen molar-refractivity contribution in [1.82, 2.24) is 19.7 Å². The Bertz CT molecular complexity index is 992. The molecule has 0 radical (unpaired) electrons. The van der Waals surface area contributed by atoms with Crippen molar-refractivity contribution in [3.8, 4) is 5.69 Å². The SMILES string of the molecule is O=C(CSc1nnc(CN2CCOCC2)n1-c1ccccc1)Nc1cccc(Br)c1. The molecule has 1 aromatic heterocycles. The van der Waals surface area contributed by atoms with Gasteiger partial charge in [0.15, 0.2) is 11.0 Å². The molecule has 0 aliphatic carbocycles. The number of morpholine rings is 1. The van der Waals surface area contributed by atoms with E-state index in [1.165, 1.54) is 11.8 Å². The van der Waals surface area contributed by atoms with E-state index in [1.54, 1.807) is 0 Å². The molecule has 0 bridgehead atoms. The predicted octanol–water partition coefficient (Wildman–Crippen LogP) is 3.59. The van der Waals surface area contributed by atoms with Gasteiger partial charge < -0.3 is 10.1 Å². The van der Waals surface area contributed by atoms with Crippen LogP contribution in [0.15, 0.2) is 64.2 Å². The molecule has 1 aliphatic heterocycles. The molecule has 4 rings (SSSR count). The number of hydrogen-bond acceptors (Lipinski definition) is 6. The molecule has 1 aliphatic rings. The van der Waals surface area contributed by atoms with Gasteiger partial charge in [-0.05, 0) is 30.3 Å². The number of benzene rings is 2. The molecule has 156 valence electrons. The summed E-state index contributed by atoms with van der Waals surface area (Å²) in [4.78, 5) is 14.7. The lowest BCUT2D eigenvalue weighted by Crippen LogP contribution is -2.36. The second-order valence-corrected chi connectivity index (χ2v) is 8.66. The Hall–Kier alpha value is -2.20. The Morgan fingerprint density at radius 3 is 2.67 bits per heavy atom. The summed E-state index contributed by atoms with van der Waals surface area (Å²) >= 11 is 4.80. The average Bonchev–Trinajstić information content (AvgIpc) is 3.16. The molecule has 0 spiro atoms. The number of hydrogen-bond donors (Lipinski definition) is 1. The number of ether oxygens (including phenoxy) is 1. The van der Waals surface area contributed by atoms with E-state index in [-0.39, 0.29) is 11.7 Å². The Labute approximate surface area is 187 Å². The maximum atomic E-state index is 12.4. The topological polar surface area (TPSA) is 72.3 Å². The molecule has 0 atom stereocenters. The number of aromatic nitrogens is 3. The second kappa shape index (κ2) is 10.2. The molecule has 7 nitrogen and oxygen atoms in total. The van der Waals surface area contributed by atoms with Gasteiger partial charge in [0.2, 0.25) is 5.91 Å². The number of thioether (sulfide) groups is 1. The number of nitrogens with zero attached hydrogens (tertiary/aromatic N) is 4. The van der Waals surface area contributed by atoms with E-state index in [4.69, 9.17) is 4.74 Å². The molecule has 1 saturated heterocycles. The van der Waals surface area contributed by atoms with Crippen LogP contribution in [0, 0.1) is 0 Å². The summed E-state index contributed by atoms with van der Waals surface area (Å²) in [7, 11) is 0. The highest BCUT2D eigenvalue weighted by molar-refractivity contribution is 9.10. The first-order valence-electron chi connectivity index (χ1n) is 9.67. The van der Waals surface area contributed by atoms with Gasteiger partial charge in [-0.2, -0.15) is 0 Å². The number of carbonyl (C=O) groups excluding carboxylic acids is 1. The zero-order valence-electron chi connectivity index (χ0n) is 16.3. The Balaban J connectivity index is 1.48. The smallest absolute Gasteiger partial charge is 0.234 e. The van der Waals surface area contributed by atoms with Gasteiger partial charge in [0.05, 0.1) is 25.5 Å². The van der Waals surface area contributed by atoms with E-state index < -0.39 is 0 Å². The van der Waals surface area contributed by atoms with E-state index in [1.807, 2.05) is 59.2 Å². The molecule has 9 heteroatoms. The third-order valence-corrected chi connectivity index (χ3v) is 6.05. The lowest BCUT2D eigenvalue weighted by atomic mass is 10.3. The Morgan fingerprint density at radius 1 is 1.10 bits per heavy atom. The van der Waals surface area contributed by atoms with Gasteiger partial charge in [-0.3, -0.25) is 14.3 Å². The molecule has 1 fully saturated rings. The van der Waals surface area contributed by atoms with E-state index in [0.717, 1.165) is 48.0 Å². The normalized spacial score (nSPS) is 14.6. The highest BCUT2D eigenvalue weighted by Gasteiger charge is 2.19. The van der Waals surface area contributed by atoms with Crippen LogP contribution in [0.4, 0.5) is 5.69 Å². The molecular weight excluding hydrogens is 466 g/mol. The van der Waals surface area contributed by atoms with Crippen LogP contribution >= 0.6 is 27.7 Å². The van der Waals surface area contributed by atoms with Crippen molar-refractivity contribution in [2.24, 2.45) is 0 Å². The molecular formula is C21H22BrN5O2S. The molecule has 3 aromatic rings. The minimum absolute atomic E-state index is 0.0876. The van der Waals surface area contributed by atoms with Crippen molar-refractivity contribution in [2.75, 3.05) is 37.4 Å².